The highest BCUT2D eigenvalue weighted by atomic mass is 32.1. The van der Waals surface area contributed by atoms with Gasteiger partial charge in [-0.1, -0.05) is 115 Å². The van der Waals surface area contributed by atoms with Crippen LogP contribution in [0.2, 0.25) is 0 Å². The maximum atomic E-state index is 6.39. The molecule has 8 aromatic carbocycles. The Morgan fingerprint density at radius 2 is 1.14 bits per heavy atom. The lowest BCUT2D eigenvalue weighted by Crippen LogP contribution is -2.15. The zero-order chi connectivity index (χ0) is 37.9. The summed E-state index contributed by atoms with van der Waals surface area (Å²) >= 11 is 1.89. The summed E-state index contributed by atoms with van der Waals surface area (Å²) in [6.07, 6.45) is 8.75. The van der Waals surface area contributed by atoms with Gasteiger partial charge < -0.3 is 13.9 Å². The van der Waals surface area contributed by atoms with Crippen LogP contribution in [0, 0.1) is 0 Å². The number of fused-ring (bicyclic) bond motifs is 12. The lowest BCUT2D eigenvalue weighted by atomic mass is 9.90. The summed E-state index contributed by atoms with van der Waals surface area (Å²) in [5, 5.41) is 7.59. The van der Waals surface area contributed by atoms with Gasteiger partial charge in [-0.15, -0.1) is 11.3 Å². The third-order valence-corrected chi connectivity index (χ3v) is 13.7. The summed E-state index contributed by atoms with van der Waals surface area (Å²) < 4.78 is 13.9. The van der Waals surface area contributed by atoms with Crippen molar-refractivity contribution in [3.05, 3.63) is 200 Å². The van der Waals surface area contributed by atoms with Crippen molar-refractivity contribution in [1.82, 2.24) is 9.13 Å². The van der Waals surface area contributed by atoms with Crippen LogP contribution in [-0.4, -0.2) is 15.2 Å². The fourth-order valence-corrected chi connectivity index (χ4v) is 11.1. The molecule has 1 aliphatic heterocycles. The van der Waals surface area contributed by atoms with E-state index in [0.29, 0.717) is 0 Å². The van der Waals surface area contributed by atoms with Gasteiger partial charge in [0, 0.05) is 70.1 Å². The summed E-state index contributed by atoms with van der Waals surface area (Å²) in [4.78, 5) is 0. The molecule has 0 fully saturated rings. The molecule has 58 heavy (non-hydrogen) atoms. The monoisotopic (exact) mass is 758 g/mol. The van der Waals surface area contributed by atoms with Gasteiger partial charge >= 0.3 is 0 Å². The zero-order valence-electron chi connectivity index (χ0n) is 31.3. The van der Waals surface area contributed by atoms with Crippen molar-refractivity contribution in [1.29, 1.82) is 0 Å². The molecule has 2 atom stereocenters. The van der Waals surface area contributed by atoms with Crippen LogP contribution in [0.3, 0.4) is 0 Å². The molecular formula is C54H34N2OS. The highest BCUT2D eigenvalue weighted by molar-refractivity contribution is 7.26. The number of thiophene rings is 1. The molecular weight excluding hydrogens is 725 g/mol. The maximum Gasteiger partial charge on any atom is 0.128 e. The second-order valence-corrected chi connectivity index (χ2v) is 16.6. The first kappa shape index (κ1) is 32.0. The van der Waals surface area contributed by atoms with Gasteiger partial charge in [0.1, 0.15) is 11.9 Å². The second kappa shape index (κ2) is 12.2. The Hall–Kier alpha value is -7.14. The first-order chi connectivity index (χ1) is 28.8. The summed E-state index contributed by atoms with van der Waals surface area (Å²) in [5.41, 5.74) is 13.3. The predicted octanol–water partition coefficient (Wildman–Crippen LogP) is 14.6. The molecule has 4 heteroatoms. The first-order valence-corrected chi connectivity index (χ1v) is 20.8. The highest BCUT2D eigenvalue weighted by Gasteiger charge is 2.32. The largest absolute Gasteiger partial charge is 0.485 e. The average Bonchev–Trinajstić information content (AvgIpc) is 4.03. The van der Waals surface area contributed by atoms with Crippen LogP contribution in [-0.2, 0) is 0 Å². The Morgan fingerprint density at radius 1 is 0.448 bits per heavy atom. The minimum Gasteiger partial charge on any atom is -0.485 e. The van der Waals surface area contributed by atoms with Gasteiger partial charge in [-0.2, -0.15) is 0 Å². The molecule has 3 aromatic heterocycles. The Kier molecular flexibility index (Phi) is 6.72. The van der Waals surface area contributed by atoms with Crippen LogP contribution in [0.15, 0.2) is 194 Å². The highest BCUT2D eigenvalue weighted by Crippen LogP contribution is 2.48. The molecule has 272 valence electrons. The molecule has 11 aromatic rings. The molecule has 0 radical (unpaired) electrons. The fraction of sp³-hybridized carbons (Fsp3) is 0.0370. The van der Waals surface area contributed by atoms with Crippen LogP contribution >= 0.6 is 11.3 Å². The van der Waals surface area contributed by atoms with Gasteiger partial charge in [0.15, 0.2) is 0 Å². The number of para-hydroxylation sites is 3. The molecule has 1 aliphatic carbocycles. The van der Waals surface area contributed by atoms with E-state index in [9.17, 15) is 0 Å². The molecule has 4 heterocycles. The molecule has 3 nitrogen and oxygen atoms in total. The third kappa shape index (κ3) is 4.55. The quantitative estimate of drug-likeness (QED) is 0.175. The number of nitrogens with zero attached hydrogens (tertiary/aromatic N) is 2. The predicted molar refractivity (Wildman–Crippen MR) is 244 cm³/mol. The van der Waals surface area contributed by atoms with Gasteiger partial charge in [-0.3, -0.25) is 0 Å². The number of allylic oxidation sites excluding steroid dienone is 2. The molecule has 0 spiro atoms. The standard InChI is InChI=1S/C54H34N2OS/c1-2-13-35(14-3-1)55-46-20-8-4-15-38(46)43-29-33(25-27-48(43)55)37-19-12-22-49-53(37)41-18-5-9-21-47(41)56(49)36-31-42(54-45(32-36)40-17-7-11-24-52(40)58-54)34-26-28-51-44(30-34)39-16-6-10-23-50(39)57-51/h1-32,39,50H. The molecule has 0 bridgehead atoms. The number of hydrogen-bond donors (Lipinski definition) is 0. The molecule has 2 aliphatic rings. The third-order valence-electron chi connectivity index (χ3n) is 12.4. The van der Waals surface area contributed by atoms with E-state index in [0.717, 1.165) is 11.4 Å². The lowest BCUT2D eigenvalue weighted by Gasteiger charge is -2.15. The van der Waals surface area contributed by atoms with Crippen molar-refractivity contribution in [2.75, 3.05) is 0 Å². The van der Waals surface area contributed by atoms with E-state index in [1.807, 2.05) is 11.3 Å². The van der Waals surface area contributed by atoms with Gasteiger partial charge in [-0.05, 0) is 95.6 Å². The van der Waals surface area contributed by atoms with Crippen molar-refractivity contribution < 1.29 is 4.74 Å². The van der Waals surface area contributed by atoms with Crippen LogP contribution < -0.4 is 4.74 Å². The van der Waals surface area contributed by atoms with Crippen LogP contribution in [0.5, 0.6) is 5.75 Å². The summed E-state index contributed by atoms with van der Waals surface area (Å²) in [6.45, 7) is 0. The Bertz CT molecular complexity index is 3560. The number of ether oxygens (including phenoxy) is 1. The average molecular weight is 759 g/mol. The second-order valence-electron chi connectivity index (χ2n) is 15.6. The zero-order valence-corrected chi connectivity index (χ0v) is 32.2. The van der Waals surface area contributed by atoms with Gasteiger partial charge in [0.05, 0.1) is 22.1 Å². The van der Waals surface area contributed by atoms with Gasteiger partial charge in [0.2, 0.25) is 0 Å². The van der Waals surface area contributed by atoms with Crippen molar-refractivity contribution in [3.63, 3.8) is 0 Å². The minimum absolute atomic E-state index is 0.0564. The molecule has 0 saturated heterocycles. The van der Waals surface area contributed by atoms with Crippen molar-refractivity contribution in [3.8, 4) is 39.4 Å². The van der Waals surface area contributed by atoms with E-state index in [-0.39, 0.29) is 12.0 Å². The van der Waals surface area contributed by atoms with Crippen LogP contribution in [0.1, 0.15) is 11.5 Å². The fourth-order valence-electron chi connectivity index (χ4n) is 9.90. The summed E-state index contributed by atoms with van der Waals surface area (Å²) in [7, 11) is 0. The van der Waals surface area contributed by atoms with E-state index in [1.54, 1.807) is 0 Å². The molecule has 13 rings (SSSR count). The molecule has 0 saturated carbocycles. The van der Waals surface area contributed by atoms with E-state index < -0.39 is 0 Å². The number of hydrogen-bond acceptors (Lipinski definition) is 2. The van der Waals surface area contributed by atoms with Crippen LogP contribution in [0.25, 0.3) is 97.4 Å². The van der Waals surface area contributed by atoms with E-state index in [1.165, 1.54) is 97.3 Å². The smallest absolute Gasteiger partial charge is 0.128 e. The van der Waals surface area contributed by atoms with E-state index in [4.69, 9.17) is 4.74 Å². The van der Waals surface area contributed by atoms with Gasteiger partial charge in [-0.25, -0.2) is 0 Å². The number of aromatic nitrogens is 2. The minimum atomic E-state index is 0.0564. The maximum absolute atomic E-state index is 6.39. The Balaban J connectivity index is 1.05. The number of benzene rings is 8. The van der Waals surface area contributed by atoms with Crippen molar-refractivity contribution in [2.45, 2.75) is 12.0 Å². The molecule has 0 N–H and O–H groups in total. The lowest BCUT2D eigenvalue weighted by molar-refractivity contribution is 0.269. The van der Waals surface area contributed by atoms with E-state index in [2.05, 4.69) is 203 Å². The molecule has 0 amide bonds. The first-order valence-electron chi connectivity index (χ1n) is 20.0. The summed E-state index contributed by atoms with van der Waals surface area (Å²) in [5.74, 6) is 1.21. The number of rotatable bonds is 4. The van der Waals surface area contributed by atoms with Crippen LogP contribution in [0.4, 0.5) is 0 Å². The van der Waals surface area contributed by atoms with Gasteiger partial charge in [0.25, 0.3) is 0 Å². The summed E-state index contributed by atoms with van der Waals surface area (Å²) in [6, 6.07) is 62.7. The Labute approximate surface area is 338 Å². The topological polar surface area (TPSA) is 19.1 Å². The SMILES string of the molecule is C1=CC2Oc3ccc(-c4cc(-n5c6ccccc6c6c(-c7ccc8c(c7)c7ccccc7n8-c7ccccc7)cccc65)cc5c4sc4ccccc45)cc3C2C=C1. The van der Waals surface area contributed by atoms with E-state index >= 15 is 0 Å². The molecule has 2 unspecified atom stereocenters. The normalized spacial score (nSPS) is 15.9. The van der Waals surface area contributed by atoms with Crippen molar-refractivity contribution >= 4 is 75.1 Å². The van der Waals surface area contributed by atoms with Crippen molar-refractivity contribution in [2.24, 2.45) is 0 Å². The Morgan fingerprint density at radius 3 is 2.03 bits per heavy atom.